The van der Waals surface area contributed by atoms with Crippen molar-refractivity contribution in [3.8, 4) is 5.75 Å². The highest BCUT2D eigenvalue weighted by molar-refractivity contribution is 5.95. The summed E-state index contributed by atoms with van der Waals surface area (Å²) in [6.45, 7) is 3.55. The highest BCUT2D eigenvalue weighted by atomic mass is 16.5. The quantitative estimate of drug-likeness (QED) is 0.794. The Morgan fingerprint density at radius 1 is 1.39 bits per heavy atom. The number of rotatable bonds is 5. The standard InChI is InChI=1S/C14H19N3O/c1-10-9-12(16-8-4-7-15)11-5-3-6-13(18-2)14(11)17-10/h3,5-6,9H,4,7-8,15H2,1-2H3,(H,16,17). The molecule has 0 radical (unpaired) electrons. The number of aryl methyl sites for hydroxylation is 1. The average molecular weight is 245 g/mol. The minimum atomic E-state index is 0.693. The SMILES string of the molecule is COc1cccc2c(NCCCN)cc(C)nc12. The Hall–Kier alpha value is -1.81. The Labute approximate surface area is 107 Å². The molecule has 0 aliphatic rings. The summed E-state index contributed by atoms with van der Waals surface area (Å²) >= 11 is 0. The molecule has 18 heavy (non-hydrogen) atoms. The van der Waals surface area contributed by atoms with Crippen molar-refractivity contribution in [2.24, 2.45) is 5.73 Å². The molecule has 0 unspecified atom stereocenters. The van der Waals surface area contributed by atoms with Crippen molar-refractivity contribution in [1.82, 2.24) is 4.98 Å². The Morgan fingerprint density at radius 2 is 2.22 bits per heavy atom. The molecule has 0 aliphatic carbocycles. The normalized spacial score (nSPS) is 10.6. The number of methoxy groups -OCH3 is 1. The number of ether oxygens (including phenoxy) is 1. The number of anilines is 1. The molecule has 1 aromatic heterocycles. The fourth-order valence-electron chi connectivity index (χ4n) is 1.99. The predicted octanol–water partition coefficient (Wildman–Crippen LogP) is 2.31. The second kappa shape index (κ2) is 5.69. The van der Waals surface area contributed by atoms with Gasteiger partial charge < -0.3 is 15.8 Å². The molecular weight excluding hydrogens is 226 g/mol. The number of benzene rings is 1. The van der Waals surface area contributed by atoms with Gasteiger partial charge in [-0.2, -0.15) is 0 Å². The van der Waals surface area contributed by atoms with E-state index < -0.39 is 0 Å². The van der Waals surface area contributed by atoms with E-state index in [4.69, 9.17) is 10.5 Å². The van der Waals surface area contributed by atoms with Crippen LogP contribution in [0.3, 0.4) is 0 Å². The van der Waals surface area contributed by atoms with Gasteiger partial charge in [0.1, 0.15) is 11.3 Å². The van der Waals surface area contributed by atoms with Crippen molar-refractivity contribution in [3.63, 3.8) is 0 Å². The third-order valence-electron chi connectivity index (χ3n) is 2.85. The largest absolute Gasteiger partial charge is 0.494 e. The molecule has 2 rings (SSSR count). The Kier molecular flexibility index (Phi) is 3.99. The van der Waals surface area contributed by atoms with Crippen molar-refractivity contribution >= 4 is 16.6 Å². The highest BCUT2D eigenvalue weighted by Gasteiger charge is 2.07. The lowest BCUT2D eigenvalue weighted by molar-refractivity contribution is 0.419. The first-order chi connectivity index (χ1) is 8.76. The lowest BCUT2D eigenvalue weighted by Crippen LogP contribution is -2.09. The third-order valence-corrected chi connectivity index (χ3v) is 2.85. The molecule has 0 atom stereocenters. The zero-order chi connectivity index (χ0) is 13.0. The van der Waals surface area contributed by atoms with Crippen molar-refractivity contribution in [1.29, 1.82) is 0 Å². The topological polar surface area (TPSA) is 60.2 Å². The van der Waals surface area contributed by atoms with Gasteiger partial charge in [0.05, 0.1) is 7.11 Å². The summed E-state index contributed by atoms with van der Waals surface area (Å²) in [5.74, 6) is 0.804. The number of para-hydroxylation sites is 1. The van der Waals surface area contributed by atoms with Crippen molar-refractivity contribution < 1.29 is 4.74 Å². The molecule has 0 amide bonds. The minimum Gasteiger partial charge on any atom is -0.494 e. The van der Waals surface area contributed by atoms with Gasteiger partial charge in [-0.05, 0) is 32.0 Å². The molecule has 0 saturated heterocycles. The van der Waals surface area contributed by atoms with Gasteiger partial charge in [-0.3, -0.25) is 0 Å². The van der Waals surface area contributed by atoms with Gasteiger partial charge >= 0.3 is 0 Å². The summed E-state index contributed by atoms with van der Waals surface area (Å²) in [6.07, 6.45) is 0.951. The molecule has 0 aliphatic heterocycles. The molecule has 0 spiro atoms. The smallest absolute Gasteiger partial charge is 0.145 e. The van der Waals surface area contributed by atoms with Gasteiger partial charge in [0.25, 0.3) is 0 Å². The van der Waals surface area contributed by atoms with Crippen molar-refractivity contribution in [3.05, 3.63) is 30.0 Å². The van der Waals surface area contributed by atoms with Crippen LogP contribution in [-0.2, 0) is 0 Å². The molecule has 4 nitrogen and oxygen atoms in total. The van der Waals surface area contributed by atoms with E-state index in [2.05, 4.69) is 22.4 Å². The van der Waals surface area contributed by atoms with Gasteiger partial charge in [-0.15, -0.1) is 0 Å². The summed E-state index contributed by atoms with van der Waals surface area (Å²) < 4.78 is 5.35. The lowest BCUT2D eigenvalue weighted by atomic mass is 10.1. The maximum absolute atomic E-state index is 5.51. The van der Waals surface area contributed by atoms with E-state index in [9.17, 15) is 0 Å². The van der Waals surface area contributed by atoms with E-state index in [0.717, 1.165) is 41.0 Å². The van der Waals surface area contributed by atoms with Crippen LogP contribution in [0.4, 0.5) is 5.69 Å². The number of hydrogen-bond donors (Lipinski definition) is 2. The molecular formula is C14H19N3O. The number of nitrogens with zero attached hydrogens (tertiary/aromatic N) is 1. The van der Waals surface area contributed by atoms with Gasteiger partial charge in [-0.1, -0.05) is 12.1 Å². The number of fused-ring (bicyclic) bond motifs is 1. The second-order valence-electron chi connectivity index (χ2n) is 4.24. The molecule has 2 aromatic rings. The van der Waals surface area contributed by atoms with Crippen LogP contribution in [0.1, 0.15) is 12.1 Å². The van der Waals surface area contributed by atoms with Crippen LogP contribution in [0.5, 0.6) is 5.75 Å². The Bertz CT molecular complexity index is 540. The molecule has 0 fully saturated rings. The molecule has 1 aromatic carbocycles. The van der Waals surface area contributed by atoms with Gasteiger partial charge in [0.2, 0.25) is 0 Å². The molecule has 0 saturated carbocycles. The van der Waals surface area contributed by atoms with Crippen LogP contribution in [0.25, 0.3) is 10.9 Å². The monoisotopic (exact) mass is 245 g/mol. The summed E-state index contributed by atoms with van der Waals surface area (Å²) in [5, 5.41) is 4.49. The molecule has 0 bridgehead atoms. The van der Waals surface area contributed by atoms with Crippen LogP contribution in [0, 0.1) is 6.92 Å². The number of nitrogens with one attached hydrogen (secondary N) is 1. The van der Waals surface area contributed by atoms with Crippen LogP contribution in [-0.4, -0.2) is 25.2 Å². The Morgan fingerprint density at radius 3 is 2.94 bits per heavy atom. The molecule has 1 heterocycles. The fourth-order valence-corrected chi connectivity index (χ4v) is 1.99. The first kappa shape index (κ1) is 12.6. The van der Waals surface area contributed by atoms with Gasteiger partial charge in [0.15, 0.2) is 0 Å². The second-order valence-corrected chi connectivity index (χ2v) is 4.24. The summed E-state index contributed by atoms with van der Waals surface area (Å²) in [5.41, 5.74) is 8.47. The van der Waals surface area contributed by atoms with Crippen LogP contribution in [0.2, 0.25) is 0 Å². The highest BCUT2D eigenvalue weighted by Crippen LogP contribution is 2.29. The van der Waals surface area contributed by atoms with E-state index in [1.54, 1.807) is 7.11 Å². The average Bonchev–Trinajstić information content (AvgIpc) is 2.38. The zero-order valence-electron chi connectivity index (χ0n) is 10.9. The number of aromatic nitrogens is 1. The van der Waals surface area contributed by atoms with E-state index in [-0.39, 0.29) is 0 Å². The van der Waals surface area contributed by atoms with E-state index in [1.165, 1.54) is 0 Å². The van der Waals surface area contributed by atoms with Gasteiger partial charge in [0, 0.05) is 23.3 Å². The first-order valence-electron chi connectivity index (χ1n) is 6.14. The summed E-state index contributed by atoms with van der Waals surface area (Å²) in [4.78, 5) is 4.55. The number of pyridine rings is 1. The van der Waals surface area contributed by atoms with Crippen LogP contribution >= 0.6 is 0 Å². The van der Waals surface area contributed by atoms with Crippen LogP contribution in [0.15, 0.2) is 24.3 Å². The molecule has 3 N–H and O–H groups in total. The van der Waals surface area contributed by atoms with E-state index in [1.807, 2.05) is 19.1 Å². The van der Waals surface area contributed by atoms with Crippen LogP contribution < -0.4 is 15.8 Å². The van der Waals surface area contributed by atoms with E-state index in [0.29, 0.717) is 6.54 Å². The summed E-state index contributed by atoms with van der Waals surface area (Å²) in [7, 11) is 1.67. The van der Waals surface area contributed by atoms with E-state index >= 15 is 0 Å². The number of hydrogen-bond acceptors (Lipinski definition) is 4. The first-order valence-corrected chi connectivity index (χ1v) is 6.14. The third kappa shape index (κ3) is 2.54. The Balaban J connectivity index is 2.45. The summed E-state index contributed by atoms with van der Waals surface area (Å²) in [6, 6.07) is 8.01. The molecule has 4 heteroatoms. The maximum atomic E-state index is 5.51. The maximum Gasteiger partial charge on any atom is 0.145 e. The zero-order valence-corrected chi connectivity index (χ0v) is 10.9. The van der Waals surface area contributed by atoms with Crippen molar-refractivity contribution in [2.45, 2.75) is 13.3 Å². The predicted molar refractivity (Wildman–Crippen MR) is 75.2 cm³/mol. The molecule has 96 valence electrons. The minimum absolute atomic E-state index is 0.693. The van der Waals surface area contributed by atoms with Crippen molar-refractivity contribution in [2.75, 3.05) is 25.5 Å². The fraction of sp³-hybridized carbons (Fsp3) is 0.357. The number of nitrogens with two attached hydrogens (primary N) is 1. The van der Waals surface area contributed by atoms with Gasteiger partial charge in [-0.25, -0.2) is 4.98 Å². The lowest BCUT2D eigenvalue weighted by Gasteiger charge is -2.12.